The van der Waals surface area contributed by atoms with E-state index in [1.807, 2.05) is 13.0 Å². The molecule has 158 valence electrons. The van der Waals surface area contributed by atoms with E-state index in [4.69, 9.17) is 18.9 Å². The number of esters is 2. The van der Waals surface area contributed by atoms with Crippen molar-refractivity contribution in [3.8, 4) is 0 Å². The Morgan fingerprint density at radius 1 is 1.24 bits per heavy atom. The van der Waals surface area contributed by atoms with E-state index < -0.39 is 41.3 Å². The van der Waals surface area contributed by atoms with Gasteiger partial charge in [0, 0.05) is 18.4 Å². The summed E-state index contributed by atoms with van der Waals surface area (Å²) in [7, 11) is 0. The fraction of sp³-hybridized carbons (Fsp3) is 0.652. The molecule has 2 aliphatic heterocycles. The Morgan fingerprint density at radius 3 is 2.59 bits per heavy atom. The molecule has 1 saturated carbocycles. The molecule has 2 saturated heterocycles. The normalized spacial score (nSPS) is 45.3. The van der Waals surface area contributed by atoms with Gasteiger partial charge in [-0.25, -0.2) is 4.79 Å². The molecule has 6 heteroatoms. The third kappa shape index (κ3) is 2.76. The molecule has 4 aliphatic rings. The minimum atomic E-state index is -0.699. The highest BCUT2D eigenvalue weighted by Gasteiger charge is 2.85. The van der Waals surface area contributed by atoms with E-state index in [2.05, 4.69) is 26.8 Å². The second kappa shape index (κ2) is 6.81. The van der Waals surface area contributed by atoms with E-state index in [9.17, 15) is 9.59 Å². The summed E-state index contributed by atoms with van der Waals surface area (Å²) < 4.78 is 24.2. The van der Waals surface area contributed by atoms with Crippen LogP contribution in [0.4, 0.5) is 0 Å². The summed E-state index contributed by atoms with van der Waals surface area (Å²) in [5.41, 5.74) is -0.174. The summed E-state index contributed by atoms with van der Waals surface area (Å²) in [6.07, 6.45) is 8.70. The van der Waals surface area contributed by atoms with E-state index in [0.717, 1.165) is 12.8 Å². The molecular weight excluding hydrogens is 372 g/mol. The zero-order valence-electron chi connectivity index (χ0n) is 17.8. The SMILES string of the molecule is C/C=C/C=C\C(=O)O[C@@H]1[C@@H](OC(C)=O)[C@H]2O[C@@H]3C=C(C)CC[C@]3(C)[C@]1(C)[C@]21CO1. The zero-order chi connectivity index (χ0) is 21.0. The van der Waals surface area contributed by atoms with Crippen molar-refractivity contribution < 1.29 is 28.5 Å². The smallest absolute Gasteiger partial charge is 0.331 e. The van der Waals surface area contributed by atoms with Crippen LogP contribution in [0.2, 0.25) is 0 Å². The van der Waals surface area contributed by atoms with Gasteiger partial charge in [0.05, 0.1) is 18.1 Å². The maximum atomic E-state index is 12.6. The van der Waals surface area contributed by atoms with Crippen molar-refractivity contribution >= 4 is 11.9 Å². The maximum Gasteiger partial charge on any atom is 0.331 e. The Hall–Kier alpha value is -1.92. The number of allylic oxidation sites excluding steroid dienone is 4. The first-order valence-corrected chi connectivity index (χ1v) is 10.3. The van der Waals surface area contributed by atoms with Crippen molar-refractivity contribution in [1.29, 1.82) is 0 Å². The molecule has 1 spiro atoms. The van der Waals surface area contributed by atoms with Crippen molar-refractivity contribution in [3.05, 3.63) is 36.0 Å². The van der Waals surface area contributed by atoms with Gasteiger partial charge in [-0.15, -0.1) is 0 Å². The summed E-state index contributed by atoms with van der Waals surface area (Å²) in [6.45, 7) is 10.2. The Bertz CT molecular complexity index is 806. The van der Waals surface area contributed by atoms with E-state index in [-0.39, 0.29) is 11.5 Å². The van der Waals surface area contributed by atoms with Crippen LogP contribution in [0.15, 0.2) is 36.0 Å². The van der Waals surface area contributed by atoms with Gasteiger partial charge >= 0.3 is 11.9 Å². The topological polar surface area (TPSA) is 74.4 Å². The first-order chi connectivity index (χ1) is 13.7. The molecule has 0 amide bonds. The van der Waals surface area contributed by atoms with Gasteiger partial charge in [-0.3, -0.25) is 4.79 Å². The molecule has 7 atom stereocenters. The largest absolute Gasteiger partial charge is 0.456 e. The average Bonchev–Trinajstić information content (AvgIpc) is 3.43. The van der Waals surface area contributed by atoms with Crippen molar-refractivity contribution in [1.82, 2.24) is 0 Å². The second-order valence-electron chi connectivity index (χ2n) is 9.10. The Morgan fingerprint density at radius 2 is 1.97 bits per heavy atom. The molecule has 0 unspecified atom stereocenters. The lowest BCUT2D eigenvalue weighted by Gasteiger charge is -2.56. The fourth-order valence-electron chi connectivity index (χ4n) is 5.76. The van der Waals surface area contributed by atoms with Gasteiger partial charge in [0.15, 0.2) is 12.2 Å². The molecule has 4 rings (SSSR count). The molecule has 0 aromatic rings. The lowest BCUT2D eigenvalue weighted by molar-refractivity contribution is -0.210. The average molecular weight is 402 g/mol. The highest BCUT2D eigenvalue weighted by atomic mass is 16.7. The lowest BCUT2D eigenvalue weighted by atomic mass is 9.52. The van der Waals surface area contributed by atoms with Gasteiger partial charge in [0.1, 0.15) is 11.7 Å². The Balaban J connectivity index is 1.77. The molecule has 29 heavy (non-hydrogen) atoms. The number of hydrogen-bond acceptors (Lipinski definition) is 6. The van der Waals surface area contributed by atoms with E-state index in [1.54, 1.807) is 12.2 Å². The predicted octanol–water partition coefficient (Wildman–Crippen LogP) is 3.26. The molecule has 0 aromatic heterocycles. The number of ether oxygens (including phenoxy) is 4. The van der Waals surface area contributed by atoms with Crippen LogP contribution in [0.1, 0.15) is 47.5 Å². The van der Waals surface area contributed by atoms with Crippen molar-refractivity contribution in [3.63, 3.8) is 0 Å². The Kier molecular flexibility index (Phi) is 4.78. The van der Waals surface area contributed by atoms with Crippen molar-refractivity contribution in [2.24, 2.45) is 10.8 Å². The van der Waals surface area contributed by atoms with Crippen LogP contribution in [-0.2, 0) is 28.5 Å². The number of hydrogen-bond donors (Lipinski definition) is 0. The minimum absolute atomic E-state index is 0.138. The third-order valence-electron chi connectivity index (χ3n) is 7.62. The molecular formula is C23H30O6. The summed E-state index contributed by atoms with van der Waals surface area (Å²) >= 11 is 0. The molecule has 6 nitrogen and oxygen atoms in total. The monoisotopic (exact) mass is 402 g/mol. The van der Waals surface area contributed by atoms with Gasteiger partial charge < -0.3 is 18.9 Å². The van der Waals surface area contributed by atoms with Crippen LogP contribution in [0, 0.1) is 10.8 Å². The predicted molar refractivity (Wildman–Crippen MR) is 106 cm³/mol. The van der Waals surface area contributed by atoms with Crippen LogP contribution in [0.3, 0.4) is 0 Å². The fourth-order valence-corrected chi connectivity index (χ4v) is 5.76. The van der Waals surface area contributed by atoms with Crippen molar-refractivity contribution in [2.45, 2.75) is 77.5 Å². The molecule has 0 N–H and O–H groups in total. The van der Waals surface area contributed by atoms with E-state index in [1.165, 1.54) is 18.6 Å². The summed E-state index contributed by atoms with van der Waals surface area (Å²) in [5, 5.41) is 0. The first-order valence-electron chi connectivity index (χ1n) is 10.3. The molecule has 2 aliphatic carbocycles. The van der Waals surface area contributed by atoms with Crippen molar-refractivity contribution in [2.75, 3.05) is 6.61 Å². The molecule has 2 heterocycles. The summed E-state index contributed by atoms with van der Waals surface area (Å²) in [6, 6.07) is 0. The number of carbonyl (C=O) groups is 2. The molecule has 2 bridgehead atoms. The maximum absolute atomic E-state index is 12.6. The summed E-state index contributed by atoms with van der Waals surface area (Å²) in [5.74, 6) is -0.881. The van der Waals surface area contributed by atoms with Crippen LogP contribution >= 0.6 is 0 Å². The van der Waals surface area contributed by atoms with Crippen LogP contribution in [-0.4, -0.2) is 48.6 Å². The van der Waals surface area contributed by atoms with Gasteiger partial charge in [0.25, 0.3) is 0 Å². The van der Waals surface area contributed by atoms with Gasteiger partial charge in [-0.1, -0.05) is 43.7 Å². The number of carbonyl (C=O) groups excluding carboxylic acids is 2. The third-order valence-corrected chi connectivity index (χ3v) is 7.62. The van der Waals surface area contributed by atoms with Gasteiger partial charge in [-0.2, -0.15) is 0 Å². The van der Waals surface area contributed by atoms with E-state index >= 15 is 0 Å². The highest BCUT2D eigenvalue weighted by molar-refractivity contribution is 5.82. The quantitative estimate of drug-likeness (QED) is 0.236. The zero-order valence-corrected chi connectivity index (χ0v) is 17.8. The molecule has 3 fully saturated rings. The summed E-state index contributed by atoms with van der Waals surface area (Å²) in [4.78, 5) is 24.5. The van der Waals surface area contributed by atoms with Gasteiger partial charge in [0.2, 0.25) is 0 Å². The van der Waals surface area contributed by atoms with Crippen LogP contribution in [0.5, 0.6) is 0 Å². The number of epoxide rings is 1. The lowest BCUT2D eigenvalue weighted by Crippen LogP contribution is -2.63. The Labute approximate surface area is 171 Å². The first kappa shape index (κ1) is 20.4. The second-order valence-corrected chi connectivity index (χ2v) is 9.10. The molecule has 0 aromatic carbocycles. The highest BCUT2D eigenvalue weighted by Crippen LogP contribution is 2.72. The van der Waals surface area contributed by atoms with Crippen LogP contribution < -0.4 is 0 Å². The minimum Gasteiger partial charge on any atom is -0.456 e. The van der Waals surface area contributed by atoms with Crippen LogP contribution in [0.25, 0.3) is 0 Å². The standard InChI is InChI=1S/C23H30O6/c1-6-7-8-9-17(25)29-19-18(27-15(3)24)20-23(13-26-23)22(19,5)21(4)11-10-14(2)12-16(21)28-20/h6-9,12,16,18-20H,10-11,13H2,1-5H3/b7-6+,9-8-/t16-,18-,19-,20-,21+,22-,23+/m1/s1. The number of fused-ring (bicyclic) bond motifs is 2. The molecule has 0 radical (unpaired) electrons. The number of rotatable bonds is 4. The van der Waals surface area contributed by atoms with Gasteiger partial charge in [-0.05, 0) is 26.7 Å². The van der Waals surface area contributed by atoms with E-state index in [0.29, 0.717) is 6.61 Å².